The van der Waals surface area contributed by atoms with Crippen LogP contribution in [0.1, 0.15) is 29.7 Å². The van der Waals surface area contributed by atoms with Gasteiger partial charge in [-0.15, -0.1) is 0 Å². The number of nitrogens with one attached hydrogen (secondary N) is 3. The lowest BCUT2D eigenvalue weighted by Gasteiger charge is -2.16. The van der Waals surface area contributed by atoms with Gasteiger partial charge < -0.3 is 15.6 Å². The van der Waals surface area contributed by atoms with Crippen LogP contribution in [0.5, 0.6) is 0 Å². The number of aromatic amines is 1. The number of rotatable bonds is 5. The Morgan fingerprint density at radius 1 is 1.38 bits per heavy atom. The van der Waals surface area contributed by atoms with Crippen LogP contribution in [0.4, 0.5) is 14.9 Å². The Morgan fingerprint density at radius 3 is 3.04 bits per heavy atom. The zero-order valence-electron chi connectivity index (χ0n) is 13.3. The minimum atomic E-state index is -0.490. The standard InChI is InChI=1S/C16H20FN5O2/c17-5-6-22-10-11(9-19-22)8-18-16(24)21-14-7-12-3-1-2-4-13(12)20-15(14)23/h7,9-10H,1-6,8H2,(H,20,23)(H2,18,21,24). The topological polar surface area (TPSA) is 91.8 Å². The molecule has 2 heterocycles. The molecule has 0 spiro atoms. The highest BCUT2D eigenvalue weighted by Gasteiger charge is 2.14. The van der Waals surface area contributed by atoms with E-state index in [9.17, 15) is 14.0 Å². The molecule has 2 amide bonds. The summed E-state index contributed by atoms with van der Waals surface area (Å²) >= 11 is 0. The Hall–Kier alpha value is -2.64. The molecule has 24 heavy (non-hydrogen) atoms. The molecule has 128 valence electrons. The number of carbonyl (C=O) groups excluding carboxylic acids is 1. The van der Waals surface area contributed by atoms with E-state index in [2.05, 4.69) is 20.7 Å². The van der Waals surface area contributed by atoms with Gasteiger partial charge in [0.05, 0.1) is 12.7 Å². The number of anilines is 1. The number of amides is 2. The number of alkyl halides is 1. The first-order valence-corrected chi connectivity index (χ1v) is 8.03. The van der Waals surface area contributed by atoms with Gasteiger partial charge in [-0.3, -0.25) is 9.48 Å². The highest BCUT2D eigenvalue weighted by Crippen LogP contribution is 2.19. The number of hydrogen-bond donors (Lipinski definition) is 3. The molecule has 7 nitrogen and oxygen atoms in total. The van der Waals surface area contributed by atoms with Gasteiger partial charge in [0.15, 0.2) is 0 Å². The van der Waals surface area contributed by atoms with Gasteiger partial charge in [-0.25, -0.2) is 9.18 Å². The van der Waals surface area contributed by atoms with Gasteiger partial charge in [-0.2, -0.15) is 5.10 Å². The Labute approximate surface area is 138 Å². The number of aryl methyl sites for hydroxylation is 3. The molecule has 1 aliphatic carbocycles. The first-order chi connectivity index (χ1) is 11.7. The zero-order chi connectivity index (χ0) is 16.9. The lowest BCUT2D eigenvalue weighted by atomic mass is 9.96. The minimum Gasteiger partial charge on any atom is -0.334 e. The van der Waals surface area contributed by atoms with Crippen molar-refractivity contribution in [1.29, 1.82) is 0 Å². The van der Waals surface area contributed by atoms with Crippen LogP contribution in [0.3, 0.4) is 0 Å². The van der Waals surface area contributed by atoms with Crippen molar-refractivity contribution in [3.8, 4) is 0 Å². The summed E-state index contributed by atoms with van der Waals surface area (Å²) in [6, 6.07) is 1.29. The van der Waals surface area contributed by atoms with Crippen LogP contribution in [0.15, 0.2) is 23.3 Å². The molecule has 0 bridgehead atoms. The Bertz CT molecular complexity index is 783. The molecule has 0 saturated carbocycles. The van der Waals surface area contributed by atoms with E-state index in [0.29, 0.717) is 0 Å². The number of aromatic nitrogens is 3. The molecular weight excluding hydrogens is 313 g/mol. The van der Waals surface area contributed by atoms with Crippen LogP contribution in [-0.2, 0) is 25.9 Å². The third-order valence-electron chi connectivity index (χ3n) is 4.04. The van der Waals surface area contributed by atoms with Gasteiger partial charge in [-0.1, -0.05) is 0 Å². The molecule has 3 N–H and O–H groups in total. The monoisotopic (exact) mass is 333 g/mol. The minimum absolute atomic E-state index is 0.191. The molecule has 2 aromatic heterocycles. The maximum absolute atomic E-state index is 12.2. The molecular formula is C16H20FN5O2. The summed E-state index contributed by atoms with van der Waals surface area (Å²) in [6.45, 7) is -0.0478. The van der Waals surface area contributed by atoms with Crippen molar-refractivity contribution in [1.82, 2.24) is 20.1 Å². The zero-order valence-corrected chi connectivity index (χ0v) is 13.3. The third-order valence-corrected chi connectivity index (χ3v) is 4.04. The largest absolute Gasteiger partial charge is 0.334 e. The first kappa shape index (κ1) is 16.2. The van der Waals surface area contributed by atoms with Crippen LogP contribution in [0.25, 0.3) is 0 Å². The second-order valence-corrected chi connectivity index (χ2v) is 5.83. The quantitative estimate of drug-likeness (QED) is 0.778. The molecule has 0 aromatic carbocycles. The van der Waals surface area contributed by atoms with E-state index in [4.69, 9.17) is 0 Å². The predicted molar refractivity (Wildman–Crippen MR) is 87.8 cm³/mol. The highest BCUT2D eigenvalue weighted by molar-refractivity contribution is 5.89. The van der Waals surface area contributed by atoms with Gasteiger partial charge in [0.1, 0.15) is 12.4 Å². The molecule has 3 rings (SSSR count). The Morgan fingerprint density at radius 2 is 2.21 bits per heavy atom. The van der Waals surface area contributed by atoms with E-state index in [1.54, 1.807) is 18.5 Å². The second-order valence-electron chi connectivity index (χ2n) is 5.83. The number of hydrogen-bond acceptors (Lipinski definition) is 3. The maximum atomic E-state index is 12.2. The Balaban J connectivity index is 1.59. The fourth-order valence-corrected chi connectivity index (χ4v) is 2.82. The number of carbonyl (C=O) groups is 1. The highest BCUT2D eigenvalue weighted by atomic mass is 19.1. The van der Waals surface area contributed by atoms with E-state index in [1.807, 2.05) is 0 Å². The van der Waals surface area contributed by atoms with Crippen LogP contribution >= 0.6 is 0 Å². The number of H-pyrrole nitrogens is 1. The average Bonchev–Trinajstić information content (AvgIpc) is 3.02. The van der Waals surface area contributed by atoms with Crippen molar-refractivity contribution < 1.29 is 9.18 Å². The number of fused-ring (bicyclic) bond motifs is 1. The second kappa shape index (κ2) is 7.29. The third kappa shape index (κ3) is 3.81. The number of urea groups is 1. The average molecular weight is 333 g/mol. The molecule has 0 radical (unpaired) electrons. The summed E-state index contributed by atoms with van der Waals surface area (Å²) in [7, 11) is 0. The molecule has 0 atom stereocenters. The number of pyridine rings is 1. The van der Waals surface area contributed by atoms with E-state index < -0.39 is 12.7 Å². The van der Waals surface area contributed by atoms with Crippen LogP contribution < -0.4 is 16.2 Å². The van der Waals surface area contributed by atoms with Crippen LogP contribution in [0, 0.1) is 0 Å². The van der Waals surface area contributed by atoms with Crippen molar-refractivity contribution in [2.24, 2.45) is 0 Å². The molecule has 1 aliphatic rings. The van der Waals surface area contributed by atoms with Gasteiger partial charge in [0, 0.05) is 24.0 Å². The van der Waals surface area contributed by atoms with Crippen molar-refractivity contribution in [2.75, 3.05) is 12.0 Å². The normalized spacial score (nSPS) is 13.4. The summed E-state index contributed by atoms with van der Waals surface area (Å²) in [5.41, 5.74) is 2.78. The van der Waals surface area contributed by atoms with Gasteiger partial charge >= 0.3 is 6.03 Å². The van der Waals surface area contributed by atoms with Crippen molar-refractivity contribution in [2.45, 2.75) is 38.8 Å². The summed E-state index contributed by atoms with van der Waals surface area (Å²) in [4.78, 5) is 26.9. The lowest BCUT2D eigenvalue weighted by Crippen LogP contribution is -2.31. The van der Waals surface area contributed by atoms with Crippen LogP contribution in [0.2, 0.25) is 0 Å². The fraction of sp³-hybridized carbons (Fsp3) is 0.438. The summed E-state index contributed by atoms with van der Waals surface area (Å²) in [6.07, 6.45) is 7.20. The van der Waals surface area contributed by atoms with Crippen molar-refractivity contribution in [3.63, 3.8) is 0 Å². The maximum Gasteiger partial charge on any atom is 0.319 e. The number of halogens is 1. The van der Waals surface area contributed by atoms with E-state index in [0.717, 1.165) is 42.5 Å². The molecule has 0 aliphatic heterocycles. The van der Waals surface area contributed by atoms with E-state index >= 15 is 0 Å². The van der Waals surface area contributed by atoms with Gasteiger partial charge in [0.25, 0.3) is 5.56 Å². The summed E-state index contributed by atoms with van der Waals surface area (Å²) in [5, 5.41) is 9.22. The Kier molecular flexibility index (Phi) is 4.93. The first-order valence-electron chi connectivity index (χ1n) is 8.03. The lowest BCUT2D eigenvalue weighted by molar-refractivity contribution is 0.251. The van der Waals surface area contributed by atoms with Crippen molar-refractivity contribution in [3.05, 3.63) is 45.6 Å². The SMILES string of the molecule is O=C(NCc1cnn(CCF)c1)Nc1cc2c([nH]c1=O)CCCC2. The summed E-state index contributed by atoms with van der Waals surface area (Å²) in [5.74, 6) is 0. The molecule has 8 heteroatoms. The molecule has 0 fully saturated rings. The van der Waals surface area contributed by atoms with Crippen LogP contribution in [-0.4, -0.2) is 27.5 Å². The molecule has 2 aromatic rings. The number of nitrogens with zero attached hydrogens (tertiary/aromatic N) is 2. The van der Waals surface area contributed by atoms with E-state index in [1.165, 1.54) is 4.68 Å². The van der Waals surface area contributed by atoms with E-state index in [-0.39, 0.29) is 24.3 Å². The fourth-order valence-electron chi connectivity index (χ4n) is 2.82. The molecule has 0 unspecified atom stereocenters. The van der Waals surface area contributed by atoms with Crippen molar-refractivity contribution >= 4 is 11.7 Å². The molecule has 0 saturated heterocycles. The smallest absolute Gasteiger partial charge is 0.319 e. The van der Waals surface area contributed by atoms with Gasteiger partial charge in [-0.05, 0) is 37.3 Å². The summed E-state index contributed by atoms with van der Waals surface area (Å²) < 4.78 is 13.7. The van der Waals surface area contributed by atoms with Gasteiger partial charge in [0.2, 0.25) is 0 Å². The predicted octanol–water partition coefficient (Wildman–Crippen LogP) is 1.74.